The molecule has 0 radical (unpaired) electrons. The molecule has 1 saturated carbocycles. The van der Waals surface area contributed by atoms with Crippen LogP contribution in [0.3, 0.4) is 0 Å². The van der Waals surface area contributed by atoms with Gasteiger partial charge in [-0.3, -0.25) is 0 Å². The van der Waals surface area contributed by atoms with Crippen molar-refractivity contribution >= 4 is 25.3 Å². The van der Waals surface area contributed by atoms with E-state index < -0.39 is 29.1 Å². The van der Waals surface area contributed by atoms with Gasteiger partial charge in [0.15, 0.2) is 0 Å². The van der Waals surface area contributed by atoms with Gasteiger partial charge in [-0.2, -0.15) is 0 Å². The molecule has 0 spiro atoms. The molecule has 0 aromatic heterocycles. The second-order valence-electron chi connectivity index (χ2n) is 7.97. The molecule has 5 heteroatoms. The second-order valence-corrected chi connectivity index (χ2v) is 15.9. The molecule has 0 saturated heterocycles. The first-order valence-corrected chi connectivity index (χ1v) is 16.9. The minimum atomic E-state index is -1.49. The number of hydrogen-bond acceptors (Lipinski definition) is 0. The summed E-state index contributed by atoms with van der Waals surface area (Å²) in [7, 11) is 8.38. The monoisotopic (exact) mass is 414 g/mol. The van der Waals surface area contributed by atoms with Crippen molar-refractivity contribution in [3.63, 3.8) is 0 Å². The van der Waals surface area contributed by atoms with E-state index in [4.69, 9.17) is 22.0 Å². The van der Waals surface area contributed by atoms with Crippen LogP contribution in [0.2, 0.25) is 18.6 Å². The van der Waals surface area contributed by atoms with E-state index in [1.807, 2.05) is 0 Å². The van der Waals surface area contributed by atoms with Crippen LogP contribution in [-0.2, 0) is 20.8 Å². The average Bonchev–Trinajstić information content (AvgIpc) is 2.41. The van der Waals surface area contributed by atoms with E-state index in [1.165, 1.54) is 0 Å². The number of hydrogen-bond donors (Lipinski definition) is 0. The van der Waals surface area contributed by atoms with Crippen LogP contribution >= 0.6 is 17.0 Å². The molecule has 1 aliphatic rings. The van der Waals surface area contributed by atoms with Gasteiger partial charge in [0.1, 0.15) is 0 Å². The van der Waals surface area contributed by atoms with Crippen molar-refractivity contribution in [3.05, 3.63) is 4.98 Å². The van der Waals surface area contributed by atoms with Gasteiger partial charge >= 0.3 is 37.9 Å². The molecule has 4 unspecified atom stereocenters. The van der Waals surface area contributed by atoms with Gasteiger partial charge in [0.25, 0.3) is 0 Å². The Labute approximate surface area is 146 Å². The van der Waals surface area contributed by atoms with Crippen LogP contribution in [-0.4, -0.2) is 13.8 Å². The van der Waals surface area contributed by atoms with Crippen LogP contribution in [0.1, 0.15) is 48.5 Å². The first-order valence-electron chi connectivity index (χ1n) is 7.59. The fourth-order valence-electron chi connectivity index (χ4n) is 4.32. The second kappa shape index (κ2) is 8.48. The minimum absolute atomic E-state index is 0.129. The zero-order chi connectivity index (χ0) is 16.3. The molecule has 1 rings (SSSR count). The Morgan fingerprint density at radius 1 is 0.850 bits per heavy atom. The Balaban J connectivity index is 0.00000110. The summed E-state index contributed by atoms with van der Waals surface area (Å²) < 4.78 is 0. The van der Waals surface area contributed by atoms with E-state index in [-0.39, 0.29) is 5.54 Å². The summed E-state index contributed by atoms with van der Waals surface area (Å²) in [6.07, 6.45) is 0. The maximum absolute atomic E-state index is 5.23. The number of rotatable bonds is 2. The summed E-state index contributed by atoms with van der Waals surface area (Å²) in [5.41, 5.74) is 0.983. The molecule has 1 fully saturated rings. The van der Waals surface area contributed by atoms with Gasteiger partial charge in [0.05, 0.1) is 0 Å². The number of nitrogens with zero attached hydrogens (tertiary/aromatic N) is 1. The van der Waals surface area contributed by atoms with Gasteiger partial charge in [0, 0.05) is 0 Å². The van der Waals surface area contributed by atoms with Crippen molar-refractivity contribution in [2.75, 3.05) is 0 Å². The molecule has 0 aromatic rings. The van der Waals surface area contributed by atoms with Crippen LogP contribution in [0.4, 0.5) is 0 Å². The SMILES string of the molecule is CC1C(C)C(C)C([Si](C)(C)[N-]C(C)(C)C)C1C.[Cl][Zr][Cl]. The zero-order valence-corrected chi connectivity index (χ0v) is 19.6. The van der Waals surface area contributed by atoms with Crippen molar-refractivity contribution < 1.29 is 20.8 Å². The van der Waals surface area contributed by atoms with E-state index in [2.05, 4.69) is 61.6 Å². The van der Waals surface area contributed by atoms with E-state index in [1.54, 1.807) is 0 Å². The Kier molecular flexibility index (Phi) is 9.18. The van der Waals surface area contributed by atoms with Crippen LogP contribution in [0.25, 0.3) is 4.98 Å². The van der Waals surface area contributed by atoms with Crippen LogP contribution in [0.15, 0.2) is 0 Å². The molecule has 0 bridgehead atoms. The van der Waals surface area contributed by atoms with Crippen molar-refractivity contribution in [3.8, 4) is 0 Å². The summed E-state index contributed by atoms with van der Waals surface area (Å²) in [6.45, 7) is 21.5. The van der Waals surface area contributed by atoms with Gasteiger partial charge in [-0.05, 0) is 23.7 Å². The van der Waals surface area contributed by atoms with Crippen LogP contribution in [0.5, 0.6) is 0 Å². The van der Waals surface area contributed by atoms with Crippen molar-refractivity contribution in [2.45, 2.75) is 72.6 Å². The van der Waals surface area contributed by atoms with E-state index in [9.17, 15) is 0 Å². The molecule has 4 atom stereocenters. The third-order valence-electron chi connectivity index (χ3n) is 5.06. The van der Waals surface area contributed by atoms with E-state index in [0.717, 1.165) is 29.2 Å². The fourth-order valence-corrected chi connectivity index (χ4v) is 9.37. The van der Waals surface area contributed by atoms with Crippen molar-refractivity contribution in [1.29, 1.82) is 0 Å². The molecule has 0 heterocycles. The Morgan fingerprint density at radius 3 is 1.40 bits per heavy atom. The molecule has 0 N–H and O–H groups in total. The fraction of sp³-hybridized carbons (Fsp3) is 1.00. The summed E-state index contributed by atoms with van der Waals surface area (Å²) in [5, 5.41) is 0. The first-order chi connectivity index (χ1) is 8.89. The predicted octanol–water partition coefficient (Wildman–Crippen LogP) is 6.67. The Bertz CT molecular complexity index is 280. The third-order valence-corrected chi connectivity index (χ3v) is 8.99. The molecular weight excluding hydrogens is 384 g/mol. The molecule has 1 nitrogen and oxygen atoms in total. The van der Waals surface area contributed by atoms with Gasteiger partial charge in [0.2, 0.25) is 0 Å². The Morgan fingerprint density at radius 2 is 1.15 bits per heavy atom. The standard InChI is InChI=1S/C15H32NSi.2ClH.Zr/c1-10-11(2)13(4)14(12(10)3)17(8,9)16-15(5,6)7;;;/h10-14H,1-9H3;2*1H;/q-1;;;+2/p-2. The van der Waals surface area contributed by atoms with E-state index in [0.29, 0.717) is 0 Å². The molecule has 1 aliphatic carbocycles. The molecule has 0 aromatic carbocycles. The molecule has 120 valence electrons. The maximum atomic E-state index is 5.23. The van der Waals surface area contributed by atoms with Crippen molar-refractivity contribution in [1.82, 2.24) is 0 Å². The zero-order valence-electron chi connectivity index (χ0n) is 14.6. The summed E-state index contributed by atoms with van der Waals surface area (Å²) in [6, 6.07) is 0. The average molecular weight is 417 g/mol. The topological polar surface area (TPSA) is 14.1 Å². The summed E-state index contributed by atoms with van der Waals surface area (Å²) in [5.74, 6) is 3.40. The quantitative estimate of drug-likeness (QED) is 0.446. The van der Waals surface area contributed by atoms with Crippen LogP contribution < -0.4 is 0 Å². The summed E-state index contributed by atoms with van der Waals surface area (Å²) in [4.78, 5) is 5.23. The predicted molar refractivity (Wildman–Crippen MR) is 92.7 cm³/mol. The first kappa shape index (κ1) is 21.6. The summed E-state index contributed by atoms with van der Waals surface area (Å²) >= 11 is -0.826. The van der Waals surface area contributed by atoms with E-state index >= 15 is 0 Å². The molecule has 0 amide bonds. The van der Waals surface area contributed by atoms with Gasteiger partial charge in [-0.15, -0.1) is 5.54 Å². The van der Waals surface area contributed by atoms with Crippen molar-refractivity contribution in [2.24, 2.45) is 23.7 Å². The third kappa shape index (κ3) is 6.03. The number of halogens is 2. The molecule has 0 aliphatic heterocycles. The normalized spacial score (nSPS) is 34.5. The van der Waals surface area contributed by atoms with Crippen LogP contribution in [0, 0.1) is 23.7 Å². The van der Waals surface area contributed by atoms with Gasteiger partial charge in [-0.1, -0.05) is 75.3 Å². The molecular formula is C15H32Cl2NSiZr-. The van der Waals surface area contributed by atoms with Gasteiger partial charge in [-0.25, -0.2) is 0 Å². The molecule has 20 heavy (non-hydrogen) atoms. The Hall–Kier alpha value is 1.64. The van der Waals surface area contributed by atoms with Gasteiger partial charge < -0.3 is 4.98 Å².